The minimum atomic E-state index is -1.37. The average Bonchev–Trinajstić information content (AvgIpc) is 2.62. The Morgan fingerprint density at radius 1 is 1.42 bits per heavy atom. The van der Waals surface area contributed by atoms with Crippen molar-refractivity contribution in [1.29, 1.82) is 0 Å². The number of Topliss-reactive ketones (excluding diaryl/α,β-unsaturated/α-hetero) is 1. The molecule has 0 bridgehead atoms. The Morgan fingerprint density at radius 2 is 2.19 bits per heavy atom. The number of allylic oxidation sites excluding steroid dienone is 4. The highest BCUT2D eigenvalue weighted by Crippen LogP contribution is 2.46. The first-order valence-electron chi connectivity index (χ1n) is 8.97. The lowest BCUT2D eigenvalue weighted by molar-refractivity contribution is -0.162. The molecule has 26 heavy (non-hydrogen) atoms. The zero-order valence-corrected chi connectivity index (χ0v) is 15.0. The van der Waals surface area contributed by atoms with Gasteiger partial charge in [-0.2, -0.15) is 0 Å². The predicted molar refractivity (Wildman–Crippen MR) is 93.9 cm³/mol. The lowest BCUT2D eigenvalue weighted by Crippen LogP contribution is -2.48. The summed E-state index contributed by atoms with van der Waals surface area (Å²) in [6.45, 7) is 5.50. The molecule has 0 spiro atoms. The number of esters is 2. The van der Waals surface area contributed by atoms with Gasteiger partial charge in [-0.05, 0) is 32.6 Å². The van der Waals surface area contributed by atoms with Gasteiger partial charge in [0.1, 0.15) is 18.2 Å². The third kappa shape index (κ3) is 4.11. The first kappa shape index (κ1) is 20.1. The molecule has 0 aromatic carbocycles. The molecule has 0 heterocycles. The number of ketones is 1. The summed E-state index contributed by atoms with van der Waals surface area (Å²) in [5, 5.41) is 0. The van der Waals surface area contributed by atoms with E-state index in [1.165, 1.54) is 18.2 Å². The van der Waals surface area contributed by atoms with Crippen molar-refractivity contribution in [2.45, 2.75) is 45.2 Å². The van der Waals surface area contributed by atoms with E-state index in [-0.39, 0.29) is 38.4 Å². The van der Waals surface area contributed by atoms with Crippen molar-refractivity contribution in [3.8, 4) is 0 Å². The van der Waals surface area contributed by atoms with E-state index in [1.807, 2.05) is 0 Å². The number of alkyl halides is 1. The predicted octanol–water partition coefficient (Wildman–Crippen LogP) is 3.25. The maximum absolute atomic E-state index is 14.1. The van der Waals surface area contributed by atoms with E-state index in [1.54, 1.807) is 13.0 Å². The molecule has 142 valence electrons. The maximum Gasteiger partial charge on any atom is 0.320 e. The van der Waals surface area contributed by atoms with Crippen LogP contribution in [0.25, 0.3) is 0 Å². The fourth-order valence-electron chi connectivity index (χ4n) is 3.62. The van der Waals surface area contributed by atoms with Crippen molar-refractivity contribution in [2.75, 3.05) is 13.2 Å². The number of halogens is 1. The lowest BCUT2D eigenvalue weighted by Gasteiger charge is -2.39. The molecule has 0 amide bonds. The van der Waals surface area contributed by atoms with Gasteiger partial charge in [0.15, 0.2) is 5.78 Å². The molecule has 0 aromatic rings. The van der Waals surface area contributed by atoms with E-state index in [2.05, 4.69) is 6.58 Å². The number of rotatable bonds is 8. The Balaban J connectivity index is 2.21. The Hall–Kier alpha value is -2.24. The van der Waals surface area contributed by atoms with Crippen LogP contribution in [0, 0.1) is 11.3 Å². The quantitative estimate of drug-likeness (QED) is 0.376. The van der Waals surface area contributed by atoms with Gasteiger partial charge in [0, 0.05) is 17.9 Å². The van der Waals surface area contributed by atoms with Crippen LogP contribution in [0.15, 0.2) is 36.5 Å². The summed E-state index contributed by atoms with van der Waals surface area (Å²) < 4.78 is 24.2. The minimum absolute atomic E-state index is 0.000144. The molecule has 3 unspecified atom stereocenters. The smallest absolute Gasteiger partial charge is 0.320 e. The van der Waals surface area contributed by atoms with Crippen LogP contribution in [0.3, 0.4) is 0 Å². The van der Waals surface area contributed by atoms with Gasteiger partial charge in [0.05, 0.1) is 6.61 Å². The van der Waals surface area contributed by atoms with Crippen molar-refractivity contribution in [1.82, 2.24) is 0 Å². The topological polar surface area (TPSA) is 69.7 Å². The van der Waals surface area contributed by atoms with Crippen molar-refractivity contribution in [3.63, 3.8) is 0 Å². The highest BCUT2D eigenvalue weighted by Gasteiger charge is 2.53. The van der Waals surface area contributed by atoms with Crippen LogP contribution in [-0.2, 0) is 23.9 Å². The average molecular weight is 364 g/mol. The molecule has 0 aromatic heterocycles. The molecule has 2 rings (SSSR count). The molecule has 0 saturated heterocycles. The van der Waals surface area contributed by atoms with Gasteiger partial charge < -0.3 is 9.47 Å². The maximum atomic E-state index is 14.1. The normalized spacial score (nSPS) is 27.3. The van der Waals surface area contributed by atoms with Gasteiger partial charge in [-0.3, -0.25) is 14.4 Å². The lowest BCUT2D eigenvalue weighted by atomic mass is 9.63. The first-order chi connectivity index (χ1) is 12.5. The Kier molecular flexibility index (Phi) is 6.89. The zero-order valence-electron chi connectivity index (χ0n) is 15.0. The van der Waals surface area contributed by atoms with E-state index in [0.29, 0.717) is 18.4 Å². The van der Waals surface area contributed by atoms with E-state index < -0.39 is 29.3 Å². The number of hydrogen-bond donors (Lipinski definition) is 0. The Bertz CT molecular complexity index is 636. The van der Waals surface area contributed by atoms with Crippen LogP contribution < -0.4 is 0 Å². The third-order valence-corrected chi connectivity index (χ3v) is 4.95. The summed E-state index contributed by atoms with van der Waals surface area (Å²) in [5.41, 5.74) is -1.04. The van der Waals surface area contributed by atoms with E-state index in [9.17, 15) is 18.8 Å². The molecule has 1 fully saturated rings. The van der Waals surface area contributed by atoms with Gasteiger partial charge in [-0.15, -0.1) is 0 Å². The summed E-state index contributed by atoms with van der Waals surface area (Å²) in [6, 6.07) is 0. The van der Waals surface area contributed by atoms with Gasteiger partial charge in [-0.25, -0.2) is 4.39 Å². The second-order valence-corrected chi connectivity index (χ2v) is 6.55. The fourth-order valence-corrected chi connectivity index (χ4v) is 3.62. The summed E-state index contributed by atoms with van der Waals surface area (Å²) >= 11 is 0. The summed E-state index contributed by atoms with van der Waals surface area (Å²) in [5.74, 6) is -1.90. The van der Waals surface area contributed by atoms with E-state index in [0.717, 1.165) is 0 Å². The van der Waals surface area contributed by atoms with E-state index in [4.69, 9.17) is 9.47 Å². The Morgan fingerprint density at radius 3 is 2.88 bits per heavy atom. The van der Waals surface area contributed by atoms with Crippen molar-refractivity contribution >= 4 is 17.7 Å². The standard InChI is InChI=1S/C20H25FO5/c1-3-13-26-19(24)20(11-6-9-17(22)25-4-2)12-10-14-15(18(20)23)7-5-8-16(14)21/h3,5,7-8,14,16H,1,4,6,9-13H2,2H3. The number of carbonyl (C=O) groups excluding carboxylic acids is 3. The molecule has 3 atom stereocenters. The highest BCUT2D eigenvalue weighted by molar-refractivity contribution is 6.13. The van der Waals surface area contributed by atoms with Crippen LogP contribution in [0.1, 0.15) is 39.0 Å². The van der Waals surface area contributed by atoms with Gasteiger partial charge in [0.25, 0.3) is 0 Å². The van der Waals surface area contributed by atoms with Gasteiger partial charge in [0.2, 0.25) is 0 Å². The number of ether oxygens (including phenoxy) is 2. The van der Waals surface area contributed by atoms with Gasteiger partial charge >= 0.3 is 11.9 Å². The van der Waals surface area contributed by atoms with Crippen molar-refractivity contribution in [3.05, 3.63) is 36.5 Å². The Labute approximate surface area is 152 Å². The molecule has 1 saturated carbocycles. The summed E-state index contributed by atoms with van der Waals surface area (Å²) in [4.78, 5) is 37.4. The zero-order chi connectivity index (χ0) is 19.2. The number of carbonyl (C=O) groups is 3. The molecule has 2 aliphatic rings. The van der Waals surface area contributed by atoms with Gasteiger partial charge in [-0.1, -0.05) is 30.9 Å². The molecule has 2 aliphatic carbocycles. The molecule has 0 radical (unpaired) electrons. The van der Waals surface area contributed by atoms with Crippen molar-refractivity contribution < 1.29 is 28.2 Å². The molecular weight excluding hydrogens is 339 g/mol. The SMILES string of the molecule is C=CCOC(=O)C1(CCCC(=O)OCC)CCC2C(=CC=CC2F)C1=O. The third-order valence-electron chi connectivity index (χ3n) is 4.95. The summed E-state index contributed by atoms with van der Waals surface area (Å²) in [6.07, 6.45) is 5.93. The first-order valence-corrected chi connectivity index (χ1v) is 8.97. The van der Waals surface area contributed by atoms with E-state index >= 15 is 0 Å². The molecular formula is C20H25FO5. The van der Waals surface area contributed by atoms with Crippen LogP contribution in [0.2, 0.25) is 0 Å². The van der Waals surface area contributed by atoms with Crippen LogP contribution in [0.5, 0.6) is 0 Å². The second-order valence-electron chi connectivity index (χ2n) is 6.55. The van der Waals surface area contributed by atoms with Crippen LogP contribution in [0.4, 0.5) is 4.39 Å². The second kappa shape index (κ2) is 8.92. The fraction of sp³-hybridized carbons (Fsp3) is 0.550. The van der Waals surface area contributed by atoms with Crippen molar-refractivity contribution in [2.24, 2.45) is 11.3 Å². The highest BCUT2D eigenvalue weighted by atomic mass is 19.1. The summed E-state index contributed by atoms with van der Waals surface area (Å²) in [7, 11) is 0. The molecule has 6 heteroatoms. The van der Waals surface area contributed by atoms with Crippen LogP contribution in [-0.4, -0.2) is 37.1 Å². The van der Waals surface area contributed by atoms with Crippen LogP contribution >= 0.6 is 0 Å². The number of hydrogen-bond acceptors (Lipinski definition) is 5. The number of fused-ring (bicyclic) bond motifs is 1. The molecule has 0 N–H and O–H groups in total. The largest absolute Gasteiger partial charge is 0.466 e. The molecule has 0 aliphatic heterocycles. The monoisotopic (exact) mass is 364 g/mol. The minimum Gasteiger partial charge on any atom is -0.466 e. The molecule has 5 nitrogen and oxygen atoms in total.